The second-order valence-electron chi connectivity index (χ2n) is 5.18. The third kappa shape index (κ3) is 5.69. The second-order valence-corrected chi connectivity index (χ2v) is 6.21. The van der Waals surface area contributed by atoms with E-state index in [0.29, 0.717) is 13.0 Å². The van der Waals surface area contributed by atoms with Gasteiger partial charge in [0.2, 0.25) is 5.91 Å². The summed E-state index contributed by atoms with van der Waals surface area (Å²) in [6, 6.07) is 11.5. The first-order chi connectivity index (χ1) is 11.2. The lowest BCUT2D eigenvalue weighted by Crippen LogP contribution is -2.28. The SMILES string of the molecule is CCN(CC)CCOc1ccccc1NC(=O)Cc1cccs1. The molecular weight excluding hydrogens is 308 g/mol. The molecule has 0 saturated carbocycles. The molecule has 0 saturated heterocycles. The van der Waals surface area contributed by atoms with Gasteiger partial charge in [0, 0.05) is 11.4 Å². The zero-order valence-corrected chi connectivity index (χ0v) is 14.6. The fourth-order valence-corrected chi connectivity index (χ4v) is 2.99. The number of ether oxygens (including phenoxy) is 1. The van der Waals surface area contributed by atoms with Crippen LogP contribution in [0.15, 0.2) is 41.8 Å². The zero-order chi connectivity index (χ0) is 16.5. The molecule has 0 spiro atoms. The normalized spacial score (nSPS) is 10.7. The number of thiophene rings is 1. The lowest BCUT2D eigenvalue weighted by molar-refractivity contribution is -0.115. The quantitative estimate of drug-likeness (QED) is 0.762. The first kappa shape index (κ1) is 17.5. The highest BCUT2D eigenvalue weighted by Gasteiger charge is 2.09. The predicted octanol–water partition coefficient (Wildman–Crippen LogP) is 3.65. The highest BCUT2D eigenvalue weighted by atomic mass is 32.1. The Balaban J connectivity index is 1.90. The molecule has 0 unspecified atom stereocenters. The van der Waals surface area contributed by atoms with E-state index in [9.17, 15) is 4.79 Å². The first-order valence-corrected chi connectivity index (χ1v) is 8.87. The molecule has 4 nitrogen and oxygen atoms in total. The third-order valence-corrected chi connectivity index (χ3v) is 4.51. The molecule has 0 aliphatic carbocycles. The smallest absolute Gasteiger partial charge is 0.229 e. The van der Waals surface area contributed by atoms with E-state index in [4.69, 9.17) is 4.74 Å². The van der Waals surface area contributed by atoms with Crippen LogP contribution in [0, 0.1) is 0 Å². The molecule has 1 aromatic heterocycles. The van der Waals surface area contributed by atoms with Gasteiger partial charge >= 0.3 is 0 Å². The van der Waals surface area contributed by atoms with Crippen LogP contribution >= 0.6 is 11.3 Å². The Morgan fingerprint density at radius 2 is 1.96 bits per heavy atom. The van der Waals surface area contributed by atoms with Crippen LogP contribution < -0.4 is 10.1 Å². The first-order valence-electron chi connectivity index (χ1n) is 7.99. The van der Waals surface area contributed by atoms with E-state index in [1.807, 2.05) is 41.8 Å². The highest BCUT2D eigenvalue weighted by Crippen LogP contribution is 2.24. The van der Waals surface area contributed by atoms with Crippen molar-refractivity contribution in [1.29, 1.82) is 0 Å². The van der Waals surface area contributed by atoms with Gasteiger partial charge in [0.05, 0.1) is 12.1 Å². The molecule has 2 rings (SSSR count). The summed E-state index contributed by atoms with van der Waals surface area (Å²) in [7, 11) is 0. The number of nitrogens with zero attached hydrogens (tertiary/aromatic N) is 1. The van der Waals surface area contributed by atoms with Crippen LogP contribution in [-0.4, -0.2) is 37.0 Å². The van der Waals surface area contributed by atoms with Gasteiger partial charge in [-0.3, -0.25) is 4.79 Å². The minimum absolute atomic E-state index is 0.0211. The van der Waals surface area contributed by atoms with Crippen LogP contribution in [0.3, 0.4) is 0 Å². The van der Waals surface area contributed by atoms with Crippen molar-refractivity contribution in [3.05, 3.63) is 46.7 Å². The number of hydrogen-bond donors (Lipinski definition) is 1. The summed E-state index contributed by atoms with van der Waals surface area (Å²) in [6.07, 6.45) is 0.394. The average Bonchev–Trinajstić information content (AvgIpc) is 3.06. The minimum atomic E-state index is -0.0211. The van der Waals surface area contributed by atoms with Crippen molar-refractivity contribution in [3.63, 3.8) is 0 Å². The van der Waals surface area contributed by atoms with Gasteiger partial charge < -0.3 is 15.0 Å². The number of hydrogen-bond acceptors (Lipinski definition) is 4. The van der Waals surface area contributed by atoms with Crippen molar-refractivity contribution in [2.45, 2.75) is 20.3 Å². The molecule has 2 aromatic rings. The van der Waals surface area contributed by atoms with Gasteiger partial charge in [-0.1, -0.05) is 32.0 Å². The van der Waals surface area contributed by atoms with E-state index >= 15 is 0 Å². The van der Waals surface area contributed by atoms with E-state index < -0.39 is 0 Å². The molecule has 23 heavy (non-hydrogen) atoms. The van der Waals surface area contributed by atoms with Gasteiger partial charge in [0.15, 0.2) is 0 Å². The summed E-state index contributed by atoms with van der Waals surface area (Å²) in [5, 5.41) is 4.92. The van der Waals surface area contributed by atoms with Gasteiger partial charge in [0.25, 0.3) is 0 Å². The van der Waals surface area contributed by atoms with Crippen LogP contribution in [0.4, 0.5) is 5.69 Å². The van der Waals surface area contributed by atoms with Crippen molar-refractivity contribution < 1.29 is 9.53 Å². The van der Waals surface area contributed by atoms with Gasteiger partial charge in [-0.2, -0.15) is 0 Å². The average molecular weight is 332 g/mol. The lowest BCUT2D eigenvalue weighted by Gasteiger charge is -2.19. The molecule has 0 bridgehead atoms. The number of amides is 1. The molecule has 0 aliphatic rings. The number of carbonyl (C=O) groups excluding carboxylic acids is 1. The topological polar surface area (TPSA) is 41.6 Å². The Labute approximate surface area is 142 Å². The Morgan fingerprint density at radius 3 is 2.65 bits per heavy atom. The number of para-hydroxylation sites is 2. The van der Waals surface area contributed by atoms with Crippen LogP contribution in [0.5, 0.6) is 5.75 Å². The summed E-state index contributed by atoms with van der Waals surface area (Å²) in [6.45, 7) is 7.80. The Bertz CT molecular complexity index is 595. The Kier molecular flexibility index (Phi) is 7.10. The molecule has 1 amide bonds. The van der Waals surface area contributed by atoms with Crippen LogP contribution in [-0.2, 0) is 11.2 Å². The van der Waals surface area contributed by atoms with E-state index in [2.05, 4.69) is 24.1 Å². The van der Waals surface area contributed by atoms with E-state index in [1.165, 1.54) is 0 Å². The number of carbonyl (C=O) groups is 1. The second kappa shape index (κ2) is 9.33. The molecule has 1 aromatic carbocycles. The maximum absolute atomic E-state index is 12.1. The van der Waals surface area contributed by atoms with Crippen LogP contribution in [0.2, 0.25) is 0 Å². The number of rotatable bonds is 9. The molecular formula is C18H24N2O2S. The molecule has 1 N–H and O–H groups in total. The summed E-state index contributed by atoms with van der Waals surface area (Å²) in [5.41, 5.74) is 0.730. The Morgan fingerprint density at radius 1 is 1.17 bits per heavy atom. The standard InChI is InChI=1S/C18H24N2O2S/c1-3-20(4-2)11-12-22-17-10-6-5-9-16(17)19-18(21)14-15-8-7-13-23-15/h5-10,13H,3-4,11-12,14H2,1-2H3,(H,19,21). The largest absolute Gasteiger partial charge is 0.490 e. The monoisotopic (exact) mass is 332 g/mol. The van der Waals surface area contributed by atoms with Crippen LogP contribution in [0.1, 0.15) is 18.7 Å². The molecule has 0 aliphatic heterocycles. The van der Waals surface area contributed by atoms with Crippen molar-refractivity contribution in [1.82, 2.24) is 4.90 Å². The molecule has 0 atom stereocenters. The summed E-state index contributed by atoms with van der Waals surface area (Å²) in [4.78, 5) is 15.5. The lowest BCUT2D eigenvalue weighted by atomic mass is 10.2. The zero-order valence-electron chi connectivity index (χ0n) is 13.7. The number of anilines is 1. The number of nitrogens with one attached hydrogen (secondary N) is 1. The van der Waals surface area contributed by atoms with E-state index in [1.54, 1.807) is 11.3 Å². The number of likely N-dealkylation sites (N-methyl/N-ethyl adjacent to an activating group) is 1. The predicted molar refractivity (Wildman–Crippen MR) is 96.4 cm³/mol. The van der Waals surface area contributed by atoms with Gasteiger partial charge in [-0.25, -0.2) is 0 Å². The maximum Gasteiger partial charge on any atom is 0.229 e. The van der Waals surface area contributed by atoms with Crippen molar-refractivity contribution in [2.75, 3.05) is 31.6 Å². The summed E-state index contributed by atoms with van der Waals surface area (Å²) < 4.78 is 5.85. The summed E-state index contributed by atoms with van der Waals surface area (Å²) in [5.74, 6) is 0.700. The van der Waals surface area contributed by atoms with Gasteiger partial charge in [0.1, 0.15) is 12.4 Å². The van der Waals surface area contributed by atoms with Crippen molar-refractivity contribution in [3.8, 4) is 5.75 Å². The molecule has 0 radical (unpaired) electrons. The molecule has 0 fully saturated rings. The summed E-state index contributed by atoms with van der Waals surface area (Å²) >= 11 is 1.59. The fraction of sp³-hybridized carbons (Fsp3) is 0.389. The van der Waals surface area contributed by atoms with Gasteiger partial charge in [-0.15, -0.1) is 11.3 Å². The molecule has 124 valence electrons. The number of benzene rings is 1. The van der Waals surface area contributed by atoms with Crippen molar-refractivity contribution in [2.24, 2.45) is 0 Å². The molecule has 5 heteroatoms. The Hall–Kier alpha value is -1.85. The van der Waals surface area contributed by atoms with E-state index in [0.717, 1.165) is 35.9 Å². The van der Waals surface area contributed by atoms with Gasteiger partial charge in [-0.05, 0) is 36.7 Å². The third-order valence-electron chi connectivity index (χ3n) is 3.64. The minimum Gasteiger partial charge on any atom is -0.490 e. The maximum atomic E-state index is 12.1. The highest BCUT2D eigenvalue weighted by molar-refractivity contribution is 7.10. The van der Waals surface area contributed by atoms with Crippen molar-refractivity contribution >= 4 is 22.9 Å². The fourth-order valence-electron chi connectivity index (χ4n) is 2.29. The van der Waals surface area contributed by atoms with Crippen LogP contribution in [0.25, 0.3) is 0 Å². The molecule has 1 heterocycles. The van der Waals surface area contributed by atoms with E-state index in [-0.39, 0.29) is 5.91 Å².